The molecular formula is C18H22BrN. The number of hydrogen-bond donors (Lipinski definition) is 1. The molecule has 2 heteroatoms. The second kappa shape index (κ2) is 6.55. The highest BCUT2D eigenvalue weighted by Gasteiger charge is 2.13. The monoisotopic (exact) mass is 331 g/mol. The fraction of sp³-hybridized carbons (Fsp3) is 0.333. The summed E-state index contributed by atoms with van der Waals surface area (Å²) in [5.74, 6) is 0. The molecule has 0 aliphatic rings. The first-order valence-corrected chi connectivity index (χ1v) is 7.86. The summed E-state index contributed by atoms with van der Waals surface area (Å²) in [4.78, 5) is 0. The Balaban J connectivity index is 2.13. The van der Waals surface area contributed by atoms with Crippen molar-refractivity contribution in [2.75, 3.05) is 0 Å². The minimum absolute atomic E-state index is 0.308. The van der Waals surface area contributed by atoms with Gasteiger partial charge in [-0.2, -0.15) is 0 Å². The summed E-state index contributed by atoms with van der Waals surface area (Å²) in [5, 5.41) is 3.67. The minimum atomic E-state index is 0.308. The maximum Gasteiger partial charge on any atom is 0.0308 e. The molecule has 0 amide bonds. The van der Waals surface area contributed by atoms with Crippen molar-refractivity contribution in [2.45, 2.75) is 39.8 Å². The van der Waals surface area contributed by atoms with Crippen LogP contribution in [0.25, 0.3) is 0 Å². The zero-order valence-electron chi connectivity index (χ0n) is 12.6. The van der Waals surface area contributed by atoms with Crippen LogP contribution in [0.3, 0.4) is 0 Å². The molecule has 0 saturated heterocycles. The van der Waals surface area contributed by atoms with E-state index in [-0.39, 0.29) is 0 Å². The van der Waals surface area contributed by atoms with Gasteiger partial charge in [0.2, 0.25) is 0 Å². The van der Waals surface area contributed by atoms with E-state index < -0.39 is 0 Å². The van der Waals surface area contributed by atoms with Crippen LogP contribution in [-0.4, -0.2) is 0 Å². The molecule has 0 radical (unpaired) electrons. The number of halogens is 1. The summed E-state index contributed by atoms with van der Waals surface area (Å²) in [6.07, 6.45) is 0. The SMILES string of the molecule is Cc1ccc(C(C)N[C@H](C)c2ccccc2Br)cc1C. The Labute approximate surface area is 130 Å². The first-order chi connectivity index (χ1) is 9.49. The molecule has 0 spiro atoms. The maximum atomic E-state index is 3.67. The molecule has 1 N–H and O–H groups in total. The van der Waals surface area contributed by atoms with E-state index in [0.717, 1.165) is 4.47 Å². The van der Waals surface area contributed by atoms with E-state index in [4.69, 9.17) is 0 Å². The molecule has 20 heavy (non-hydrogen) atoms. The van der Waals surface area contributed by atoms with Crippen LogP contribution in [0.2, 0.25) is 0 Å². The van der Waals surface area contributed by atoms with Crippen molar-refractivity contribution in [3.8, 4) is 0 Å². The van der Waals surface area contributed by atoms with E-state index in [1.807, 2.05) is 6.07 Å². The van der Waals surface area contributed by atoms with E-state index in [0.29, 0.717) is 12.1 Å². The van der Waals surface area contributed by atoms with Crippen molar-refractivity contribution < 1.29 is 0 Å². The van der Waals surface area contributed by atoms with Crippen LogP contribution in [0, 0.1) is 13.8 Å². The Morgan fingerprint density at radius 3 is 2.25 bits per heavy atom. The standard InChI is InChI=1S/C18H22BrN/c1-12-9-10-16(11-13(12)2)14(3)20-15(4)17-7-5-6-8-18(17)19/h5-11,14-15,20H,1-4H3/t14?,15-/m1/s1. The molecule has 0 aromatic heterocycles. The number of rotatable bonds is 4. The Kier molecular flexibility index (Phi) is 5.00. The lowest BCUT2D eigenvalue weighted by Gasteiger charge is -2.22. The fourth-order valence-corrected chi connectivity index (χ4v) is 3.05. The lowest BCUT2D eigenvalue weighted by molar-refractivity contribution is 0.493. The second-order valence-electron chi connectivity index (χ2n) is 5.48. The quantitative estimate of drug-likeness (QED) is 0.782. The summed E-state index contributed by atoms with van der Waals surface area (Å²) in [6, 6.07) is 15.7. The third kappa shape index (κ3) is 3.50. The molecule has 2 aromatic carbocycles. The Hall–Kier alpha value is -1.12. The van der Waals surface area contributed by atoms with Gasteiger partial charge in [0.1, 0.15) is 0 Å². The molecule has 0 aliphatic heterocycles. The van der Waals surface area contributed by atoms with Gasteiger partial charge in [-0.3, -0.25) is 0 Å². The van der Waals surface area contributed by atoms with Gasteiger partial charge in [-0.1, -0.05) is 52.3 Å². The average Bonchev–Trinajstić information content (AvgIpc) is 2.42. The molecule has 0 fully saturated rings. The van der Waals surface area contributed by atoms with Gasteiger partial charge in [0.25, 0.3) is 0 Å². The van der Waals surface area contributed by atoms with E-state index in [1.165, 1.54) is 22.3 Å². The van der Waals surface area contributed by atoms with Gasteiger partial charge in [0.05, 0.1) is 0 Å². The maximum absolute atomic E-state index is 3.67. The molecule has 0 aliphatic carbocycles. The average molecular weight is 332 g/mol. The first kappa shape index (κ1) is 15.3. The van der Waals surface area contributed by atoms with Crippen molar-refractivity contribution >= 4 is 15.9 Å². The number of aryl methyl sites for hydroxylation is 2. The molecule has 0 bridgehead atoms. The van der Waals surface area contributed by atoms with Crippen molar-refractivity contribution in [3.05, 3.63) is 69.2 Å². The molecule has 0 heterocycles. The van der Waals surface area contributed by atoms with Crippen LogP contribution in [0.4, 0.5) is 0 Å². The van der Waals surface area contributed by atoms with Crippen molar-refractivity contribution in [1.29, 1.82) is 0 Å². The van der Waals surface area contributed by atoms with E-state index in [9.17, 15) is 0 Å². The Bertz CT molecular complexity index is 592. The lowest BCUT2D eigenvalue weighted by atomic mass is 10.0. The van der Waals surface area contributed by atoms with Crippen molar-refractivity contribution in [1.82, 2.24) is 5.32 Å². The largest absolute Gasteiger partial charge is 0.304 e. The predicted molar refractivity (Wildman–Crippen MR) is 90.0 cm³/mol. The molecule has 2 aromatic rings. The highest BCUT2D eigenvalue weighted by molar-refractivity contribution is 9.10. The fourth-order valence-electron chi connectivity index (χ4n) is 2.42. The minimum Gasteiger partial charge on any atom is -0.304 e. The van der Waals surface area contributed by atoms with Crippen molar-refractivity contribution in [2.24, 2.45) is 0 Å². The predicted octanol–water partition coefficient (Wildman–Crippen LogP) is 5.48. The molecule has 2 atom stereocenters. The lowest BCUT2D eigenvalue weighted by Crippen LogP contribution is -2.22. The van der Waals surface area contributed by atoms with Crippen LogP contribution in [0.1, 0.15) is 48.2 Å². The van der Waals surface area contributed by atoms with Crippen LogP contribution < -0.4 is 5.32 Å². The molecule has 2 rings (SSSR count). The number of hydrogen-bond acceptors (Lipinski definition) is 1. The van der Waals surface area contributed by atoms with Gasteiger partial charge < -0.3 is 5.32 Å². The van der Waals surface area contributed by atoms with E-state index in [2.05, 4.69) is 85.3 Å². The van der Waals surface area contributed by atoms with Crippen LogP contribution >= 0.6 is 15.9 Å². The van der Waals surface area contributed by atoms with Gasteiger partial charge >= 0.3 is 0 Å². The first-order valence-electron chi connectivity index (χ1n) is 7.06. The Morgan fingerprint density at radius 2 is 1.60 bits per heavy atom. The summed E-state index contributed by atoms with van der Waals surface area (Å²) >= 11 is 3.62. The summed E-state index contributed by atoms with van der Waals surface area (Å²) in [5.41, 5.74) is 5.33. The van der Waals surface area contributed by atoms with Gasteiger partial charge in [0, 0.05) is 16.6 Å². The van der Waals surface area contributed by atoms with Gasteiger partial charge in [-0.05, 0) is 56.0 Å². The highest BCUT2D eigenvalue weighted by Crippen LogP contribution is 2.26. The van der Waals surface area contributed by atoms with E-state index in [1.54, 1.807) is 0 Å². The third-order valence-electron chi connectivity index (χ3n) is 3.90. The van der Waals surface area contributed by atoms with Gasteiger partial charge in [-0.15, -0.1) is 0 Å². The van der Waals surface area contributed by atoms with E-state index >= 15 is 0 Å². The summed E-state index contributed by atoms with van der Waals surface area (Å²) in [6.45, 7) is 8.75. The molecule has 1 nitrogen and oxygen atoms in total. The van der Waals surface area contributed by atoms with Crippen LogP contribution in [-0.2, 0) is 0 Å². The molecule has 1 unspecified atom stereocenters. The van der Waals surface area contributed by atoms with Crippen LogP contribution in [0.15, 0.2) is 46.9 Å². The smallest absolute Gasteiger partial charge is 0.0308 e. The van der Waals surface area contributed by atoms with Crippen LogP contribution in [0.5, 0.6) is 0 Å². The highest BCUT2D eigenvalue weighted by atomic mass is 79.9. The molecular weight excluding hydrogens is 310 g/mol. The molecule has 0 saturated carbocycles. The molecule has 106 valence electrons. The third-order valence-corrected chi connectivity index (χ3v) is 4.62. The van der Waals surface area contributed by atoms with Gasteiger partial charge in [0.15, 0.2) is 0 Å². The normalized spacial score (nSPS) is 14.1. The second-order valence-corrected chi connectivity index (χ2v) is 6.33. The zero-order chi connectivity index (χ0) is 14.7. The summed E-state index contributed by atoms with van der Waals surface area (Å²) < 4.78 is 1.16. The number of benzene rings is 2. The topological polar surface area (TPSA) is 12.0 Å². The zero-order valence-corrected chi connectivity index (χ0v) is 14.2. The summed E-state index contributed by atoms with van der Waals surface area (Å²) in [7, 11) is 0. The number of nitrogens with one attached hydrogen (secondary N) is 1. The van der Waals surface area contributed by atoms with Crippen molar-refractivity contribution in [3.63, 3.8) is 0 Å². The Morgan fingerprint density at radius 1 is 0.900 bits per heavy atom. The van der Waals surface area contributed by atoms with Gasteiger partial charge in [-0.25, -0.2) is 0 Å².